The zero-order valence-corrected chi connectivity index (χ0v) is 20.3. The van der Waals surface area contributed by atoms with E-state index in [-0.39, 0.29) is 23.8 Å². The van der Waals surface area contributed by atoms with Gasteiger partial charge in [-0.25, -0.2) is 0 Å². The number of nitrogens with zero attached hydrogens (tertiary/aromatic N) is 3. The van der Waals surface area contributed by atoms with Crippen LogP contribution < -0.4 is 10.2 Å². The van der Waals surface area contributed by atoms with E-state index >= 15 is 0 Å². The van der Waals surface area contributed by atoms with Crippen LogP contribution in [-0.4, -0.2) is 27.1 Å². The molecular weight excluding hydrogens is 412 g/mol. The summed E-state index contributed by atoms with van der Waals surface area (Å²) in [6.07, 6.45) is 0. The third-order valence-electron chi connectivity index (χ3n) is 6.52. The lowest BCUT2D eigenvalue weighted by molar-refractivity contribution is -0.126. The summed E-state index contributed by atoms with van der Waals surface area (Å²) >= 11 is 0. The Morgan fingerprint density at radius 3 is 2.45 bits per heavy atom. The van der Waals surface area contributed by atoms with Gasteiger partial charge < -0.3 is 5.32 Å². The summed E-state index contributed by atoms with van der Waals surface area (Å²) in [6.45, 7) is 12.7. The Bertz CT molecular complexity index is 1210. The smallest absolute Gasteiger partial charge is 0.277 e. The molecule has 0 bridgehead atoms. The highest BCUT2D eigenvalue weighted by Gasteiger charge is 2.49. The first-order valence-corrected chi connectivity index (χ1v) is 11.3. The number of rotatable bonds is 4. The van der Waals surface area contributed by atoms with Gasteiger partial charge in [0.25, 0.3) is 5.91 Å². The van der Waals surface area contributed by atoms with Gasteiger partial charge >= 0.3 is 0 Å². The third-order valence-corrected chi connectivity index (χ3v) is 6.52. The minimum Gasteiger partial charge on any atom is -0.350 e. The largest absolute Gasteiger partial charge is 0.350 e. The van der Waals surface area contributed by atoms with Crippen molar-refractivity contribution in [2.24, 2.45) is 0 Å². The van der Waals surface area contributed by atoms with Crippen LogP contribution in [0, 0.1) is 13.8 Å². The molecule has 2 aromatic carbocycles. The number of anilines is 1. The van der Waals surface area contributed by atoms with Crippen molar-refractivity contribution in [3.63, 3.8) is 0 Å². The highest BCUT2D eigenvalue weighted by atomic mass is 16.2. The van der Waals surface area contributed by atoms with Crippen LogP contribution in [0.5, 0.6) is 0 Å². The van der Waals surface area contributed by atoms with E-state index in [0.29, 0.717) is 12.2 Å². The van der Waals surface area contributed by atoms with Gasteiger partial charge in [0.1, 0.15) is 11.2 Å². The number of benzene rings is 2. The number of hydrogen-bond acceptors (Lipinski definition) is 3. The average molecular weight is 445 g/mol. The maximum absolute atomic E-state index is 13.9. The lowest BCUT2D eigenvalue weighted by Gasteiger charge is -2.43. The summed E-state index contributed by atoms with van der Waals surface area (Å²) in [4.78, 5) is 29.3. The van der Waals surface area contributed by atoms with Gasteiger partial charge in [-0.05, 0) is 49.6 Å². The van der Waals surface area contributed by atoms with Gasteiger partial charge in [-0.3, -0.25) is 19.2 Å². The molecule has 6 nitrogen and oxygen atoms in total. The third kappa shape index (κ3) is 4.06. The fourth-order valence-electron chi connectivity index (χ4n) is 4.27. The van der Waals surface area contributed by atoms with E-state index in [1.807, 2.05) is 75.4 Å². The molecule has 6 heteroatoms. The Hall–Kier alpha value is -3.41. The molecule has 0 spiro atoms. The molecule has 1 atom stereocenters. The molecule has 0 radical (unpaired) electrons. The minimum atomic E-state index is -1.14. The molecule has 0 saturated carbocycles. The highest BCUT2D eigenvalue weighted by Crippen LogP contribution is 2.36. The van der Waals surface area contributed by atoms with Gasteiger partial charge in [0.05, 0.1) is 12.2 Å². The Labute approximate surface area is 195 Å². The van der Waals surface area contributed by atoms with Gasteiger partial charge in [0, 0.05) is 17.6 Å². The first-order chi connectivity index (χ1) is 15.5. The molecule has 1 unspecified atom stereocenters. The van der Waals surface area contributed by atoms with Crippen molar-refractivity contribution in [1.29, 1.82) is 0 Å². The van der Waals surface area contributed by atoms with E-state index in [4.69, 9.17) is 5.10 Å². The van der Waals surface area contributed by atoms with E-state index in [1.165, 1.54) is 0 Å². The summed E-state index contributed by atoms with van der Waals surface area (Å²) in [5.74, 6) is -0.422. The predicted molar refractivity (Wildman–Crippen MR) is 130 cm³/mol. The van der Waals surface area contributed by atoms with Gasteiger partial charge in [0.15, 0.2) is 0 Å². The second kappa shape index (κ2) is 8.18. The molecule has 1 N–H and O–H groups in total. The number of aryl methyl sites for hydroxylation is 1. The van der Waals surface area contributed by atoms with E-state index in [2.05, 4.69) is 26.1 Å². The van der Waals surface area contributed by atoms with Crippen LogP contribution in [0.3, 0.4) is 0 Å². The van der Waals surface area contributed by atoms with Crippen molar-refractivity contribution in [3.8, 4) is 0 Å². The topological polar surface area (TPSA) is 67.2 Å². The second-order valence-corrected chi connectivity index (χ2v) is 10.1. The Kier molecular flexibility index (Phi) is 5.64. The molecule has 2 amide bonds. The van der Waals surface area contributed by atoms with Gasteiger partial charge in [0.2, 0.25) is 5.91 Å². The number of carbonyl (C=O) groups excluding carboxylic acids is 2. The number of aromatic nitrogens is 2. The fourth-order valence-corrected chi connectivity index (χ4v) is 4.27. The first kappa shape index (κ1) is 22.8. The van der Waals surface area contributed by atoms with Crippen molar-refractivity contribution < 1.29 is 9.59 Å². The Morgan fingerprint density at radius 1 is 1.09 bits per heavy atom. The van der Waals surface area contributed by atoms with Crippen LogP contribution >= 0.6 is 0 Å². The van der Waals surface area contributed by atoms with Crippen LogP contribution in [0.25, 0.3) is 0 Å². The molecular formula is C27H32N4O2. The molecule has 0 fully saturated rings. The Morgan fingerprint density at radius 2 is 1.79 bits per heavy atom. The molecule has 4 rings (SSSR count). The normalized spacial score (nSPS) is 18.2. The molecule has 0 saturated heterocycles. The van der Waals surface area contributed by atoms with Gasteiger partial charge in [-0.2, -0.15) is 5.10 Å². The molecule has 1 aromatic heterocycles. The zero-order valence-electron chi connectivity index (χ0n) is 20.3. The molecule has 33 heavy (non-hydrogen) atoms. The summed E-state index contributed by atoms with van der Waals surface area (Å²) < 4.78 is 1.70. The van der Waals surface area contributed by atoms with E-state index in [1.54, 1.807) is 9.58 Å². The minimum absolute atomic E-state index is 0.208. The maximum Gasteiger partial charge on any atom is 0.277 e. The number of carbonyl (C=O) groups is 2. The standard InChI is InChI=1S/C27H32N4O2/c1-18-11-10-14-21(19(18)2)31-24(32)22-15-23(26(3,4)5)29-30(22)17-27(31,6)25(33)28-16-20-12-8-7-9-13-20/h7-15H,16-17H2,1-6H3,(H,28,33). The van der Waals surface area contributed by atoms with Crippen molar-refractivity contribution in [3.05, 3.63) is 82.7 Å². The number of nitrogens with one attached hydrogen (secondary N) is 1. The molecule has 3 aromatic rings. The van der Waals surface area contributed by atoms with Crippen LogP contribution in [-0.2, 0) is 23.3 Å². The van der Waals surface area contributed by atoms with E-state index < -0.39 is 5.54 Å². The van der Waals surface area contributed by atoms with Gasteiger partial charge in [-0.15, -0.1) is 0 Å². The Balaban J connectivity index is 1.79. The fraction of sp³-hybridized carbons (Fsp3) is 0.370. The highest BCUT2D eigenvalue weighted by molar-refractivity contribution is 6.12. The monoisotopic (exact) mass is 444 g/mol. The first-order valence-electron chi connectivity index (χ1n) is 11.3. The van der Waals surface area contributed by atoms with Gasteiger partial charge in [-0.1, -0.05) is 63.2 Å². The summed E-state index contributed by atoms with van der Waals surface area (Å²) in [5.41, 5.74) is 3.81. The maximum atomic E-state index is 13.9. The molecule has 1 aliphatic rings. The van der Waals surface area contributed by atoms with E-state index in [9.17, 15) is 9.59 Å². The predicted octanol–water partition coefficient (Wildman–Crippen LogP) is 4.53. The summed E-state index contributed by atoms with van der Waals surface area (Å²) in [6, 6.07) is 17.5. The van der Waals surface area contributed by atoms with Crippen LogP contribution in [0.15, 0.2) is 54.6 Å². The van der Waals surface area contributed by atoms with Crippen LogP contribution in [0.2, 0.25) is 0 Å². The average Bonchev–Trinajstić information content (AvgIpc) is 3.20. The van der Waals surface area contributed by atoms with E-state index in [0.717, 1.165) is 28.1 Å². The number of hydrogen-bond donors (Lipinski definition) is 1. The lowest BCUT2D eigenvalue weighted by Crippen LogP contribution is -2.64. The SMILES string of the molecule is Cc1cccc(N2C(=O)c3cc(C(C)(C)C)nn3CC2(C)C(=O)NCc2ccccc2)c1C. The molecule has 172 valence electrons. The number of amides is 2. The van der Waals surface area contributed by atoms with Crippen LogP contribution in [0.1, 0.15) is 60.6 Å². The van der Waals surface area contributed by atoms with Crippen molar-refractivity contribution in [2.75, 3.05) is 4.90 Å². The number of fused-ring (bicyclic) bond motifs is 1. The molecule has 1 aliphatic heterocycles. The lowest BCUT2D eigenvalue weighted by atomic mass is 9.91. The molecule has 2 heterocycles. The second-order valence-electron chi connectivity index (χ2n) is 10.1. The van der Waals surface area contributed by atoms with Crippen LogP contribution in [0.4, 0.5) is 5.69 Å². The summed E-state index contributed by atoms with van der Waals surface area (Å²) in [7, 11) is 0. The zero-order chi connectivity index (χ0) is 24.0. The summed E-state index contributed by atoms with van der Waals surface area (Å²) in [5, 5.41) is 7.78. The van der Waals surface area contributed by atoms with Crippen molar-refractivity contribution in [1.82, 2.24) is 15.1 Å². The quantitative estimate of drug-likeness (QED) is 0.643. The van der Waals surface area contributed by atoms with Crippen molar-refractivity contribution >= 4 is 17.5 Å². The van der Waals surface area contributed by atoms with Crippen molar-refractivity contribution in [2.45, 2.75) is 65.6 Å². The molecule has 0 aliphatic carbocycles.